The molecule has 1 N–H and O–H groups in total. The highest BCUT2D eigenvalue weighted by Crippen LogP contribution is 2.32. The highest BCUT2D eigenvalue weighted by atomic mass is 35.5. The maximum absolute atomic E-state index is 13.6. The molecule has 2 aromatic carbocycles. The third-order valence-corrected chi connectivity index (χ3v) is 3.53. The molecule has 21 heavy (non-hydrogen) atoms. The summed E-state index contributed by atoms with van der Waals surface area (Å²) in [5.41, 5.74) is 2.82. The summed E-state index contributed by atoms with van der Waals surface area (Å²) in [6, 6.07) is 10.2. The fraction of sp³-hybridized carbons (Fsp3) is 0.294. The van der Waals surface area contributed by atoms with Crippen LogP contribution in [-0.4, -0.2) is 13.7 Å². The van der Waals surface area contributed by atoms with Gasteiger partial charge in [0.15, 0.2) is 0 Å². The summed E-state index contributed by atoms with van der Waals surface area (Å²) >= 11 is 6.15. The number of rotatable bonds is 5. The van der Waals surface area contributed by atoms with E-state index in [2.05, 4.69) is 5.32 Å². The summed E-state index contributed by atoms with van der Waals surface area (Å²) in [6.07, 6.45) is 0. The van der Waals surface area contributed by atoms with Gasteiger partial charge in [0.25, 0.3) is 0 Å². The molecule has 0 aromatic heterocycles. The number of methoxy groups -OCH3 is 1. The first kappa shape index (κ1) is 15.8. The minimum absolute atomic E-state index is 0.168. The van der Waals surface area contributed by atoms with Crippen LogP contribution in [0.15, 0.2) is 36.4 Å². The van der Waals surface area contributed by atoms with Crippen LogP contribution in [0.5, 0.6) is 5.75 Å². The van der Waals surface area contributed by atoms with Gasteiger partial charge in [0.1, 0.15) is 11.6 Å². The lowest BCUT2D eigenvalue weighted by molar-refractivity contribution is 0.402. The molecule has 0 radical (unpaired) electrons. The van der Waals surface area contributed by atoms with E-state index in [9.17, 15) is 4.39 Å². The zero-order chi connectivity index (χ0) is 15.4. The van der Waals surface area contributed by atoms with Crippen molar-refractivity contribution in [2.24, 2.45) is 0 Å². The average Bonchev–Trinajstić information content (AvgIpc) is 2.43. The molecule has 0 saturated carbocycles. The summed E-state index contributed by atoms with van der Waals surface area (Å²) in [7, 11) is 1.59. The zero-order valence-electron chi connectivity index (χ0n) is 12.4. The molecule has 4 heteroatoms. The third-order valence-electron chi connectivity index (χ3n) is 3.31. The Balaban J connectivity index is 2.55. The van der Waals surface area contributed by atoms with E-state index in [1.54, 1.807) is 13.2 Å². The Hall–Kier alpha value is -1.58. The molecule has 2 rings (SSSR count). The molecule has 2 nitrogen and oxygen atoms in total. The predicted molar refractivity (Wildman–Crippen MR) is 84.7 cm³/mol. The lowest BCUT2D eigenvalue weighted by atomic mass is 9.96. The van der Waals surface area contributed by atoms with Crippen molar-refractivity contribution in [3.05, 3.63) is 63.9 Å². The Kier molecular flexibility index (Phi) is 5.21. The van der Waals surface area contributed by atoms with Crippen LogP contribution in [0.1, 0.15) is 29.7 Å². The Morgan fingerprint density at radius 3 is 2.62 bits per heavy atom. The standard InChI is InChI=1S/C17H19ClFNO/c1-4-20-17(12-7-11(2)8-13(18)9-12)15-10-14(19)5-6-16(15)21-3/h5-10,17,20H,4H2,1-3H3. The van der Waals surface area contributed by atoms with Crippen molar-refractivity contribution >= 4 is 11.6 Å². The van der Waals surface area contributed by atoms with E-state index in [1.807, 2.05) is 32.0 Å². The van der Waals surface area contributed by atoms with Crippen molar-refractivity contribution in [3.8, 4) is 5.75 Å². The highest BCUT2D eigenvalue weighted by molar-refractivity contribution is 6.30. The molecule has 2 aromatic rings. The molecule has 0 aliphatic rings. The van der Waals surface area contributed by atoms with Gasteiger partial charge in [-0.3, -0.25) is 0 Å². The molecule has 0 saturated heterocycles. The van der Waals surface area contributed by atoms with Crippen LogP contribution < -0.4 is 10.1 Å². The van der Waals surface area contributed by atoms with E-state index in [0.29, 0.717) is 10.8 Å². The minimum Gasteiger partial charge on any atom is -0.496 e. The van der Waals surface area contributed by atoms with E-state index < -0.39 is 0 Å². The molecule has 0 aliphatic heterocycles. The number of nitrogens with one attached hydrogen (secondary N) is 1. The highest BCUT2D eigenvalue weighted by Gasteiger charge is 2.19. The number of hydrogen-bond donors (Lipinski definition) is 1. The molecule has 0 bridgehead atoms. The average molecular weight is 308 g/mol. The van der Waals surface area contributed by atoms with Gasteiger partial charge in [-0.05, 0) is 54.9 Å². The van der Waals surface area contributed by atoms with Crippen LogP contribution in [0.2, 0.25) is 5.02 Å². The first-order valence-corrected chi connectivity index (χ1v) is 7.27. The largest absolute Gasteiger partial charge is 0.496 e. The second kappa shape index (κ2) is 6.92. The van der Waals surface area contributed by atoms with Gasteiger partial charge in [0.05, 0.1) is 13.2 Å². The topological polar surface area (TPSA) is 21.3 Å². The van der Waals surface area contributed by atoms with Crippen LogP contribution in [0.3, 0.4) is 0 Å². The van der Waals surface area contributed by atoms with Crippen LogP contribution in [0, 0.1) is 12.7 Å². The summed E-state index contributed by atoms with van der Waals surface area (Å²) < 4.78 is 19.0. The zero-order valence-corrected chi connectivity index (χ0v) is 13.2. The first-order chi connectivity index (χ1) is 10.0. The summed E-state index contributed by atoms with van der Waals surface area (Å²) in [5.74, 6) is 0.368. The Morgan fingerprint density at radius 1 is 1.24 bits per heavy atom. The van der Waals surface area contributed by atoms with Crippen molar-refractivity contribution in [1.82, 2.24) is 5.32 Å². The maximum atomic E-state index is 13.6. The van der Waals surface area contributed by atoms with Crippen molar-refractivity contribution in [1.29, 1.82) is 0 Å². The van der Waals surface area contributed by atoms with E-state index in [4.69, 9.17) is 16.3 Å². The molecule has 0 aliphatic carbocycles. The molecular formula is C17H19ClFNO. The number of hydrogen-bond acceptors (Lipinski definition) is 2. The molecular weight excluding hydrogens is 289 g/mol. The van der Waals surface area contributed by atoms with Crippen molar-refractivity contribution in [3.63, 3.8) is 0 Å². The summed E-state index contributed by atoms with van der Waals surface area (Å²) in [6.45, 7) is 4.74. The van der Waals surface area contributed by atoms with Gasteiger partial charge in [-0.25, -0.2) is 4.39 Å². The van der Waals surface area contributed by atoms with Gasteiger partial charge in [0.2, 0.25) is 0 Å². The monoisotopic (exact) mass is 307 g/mol. The van der Waals surface area contributed by atoms with Crippen molar-refractivity contribution in [2.45, 2.75) is 19.9 Å². The van der Waals surface area contributed by atoms with E-state index in [-0.39, 0.29) is 11.9 Å². The third kappa shape index (κ3) is 3.74. The number of benzene rings is 2. The minimum atomic E-state index is -0.285. The van der Waals surface area contributed by atoms with Crippen LogP contribution in [0.25, 0.3) is 0 Å². The summed E-state index contributed by atoms with van der Waals surface area (Å²) in [5, 5.41) is 4.04. The van der Waals surface area contributed by atoms with Gasteiger partial charge in [-0.2, -0.15) is 0 Å². The summed E-state index contributed by atoms with van der Waals surface area (Å²) in [4.78, 5) is 0. The smallest absolute Gasteiger partial charge is 0.124 e. The van der Waals surface area contributed by atoms with Gasteiger partial charge in [-0.1, -0.05) is 24.6 Å². The Bertz CT molecular complexity index is 610. The normalized spacial score (nSPS) is 12.2. The second-order valence-corrected chi connectivity index (χ2v) is 5.38. The van der Waals surface area contributed by atoms with Crippen LogP contribution in [-0.2, 0) is 0 Å². The van der Waals surface area contributed by atoms with Crippen molar-refractivity contribution in [2.75, 3.05) is 13.7 Å². The number of aryl methyl sites for hydroxylation is 1. The van der Waals surface area contributed by atoms with Crippen LogP contribution in [0.4, 0.5) is 4.39 Å². The van der Waals surface area contributed by atoms with Gasteiger partial charge >= 0.3 is 0 Å². The quantitative estimate of drug-likeness (QED) is 0.878. The van der Waals surface area contributed by atoms with Gasteiger partial charge in [0, 0.05) is 10.6 Å². The SMILES string of the molecule is CCNC(c1cc(C)cc(Cl)c1)c1cc(F)ccc1OC. The molecule has 1 unspecified atom stereocenters. The molecule has 0 spiro atoms. The van der Waals surface area contributed by atoms with E-state index >= 15 is 0 Å². The molecule has 0 heterocycles. The second-order valence-electron chi connectivity index (χ2n) is 4.94. The molecule has 1 atom stereocenters. The maximum Gasteiger partial charge on any atom is 0.124 e. The first-order valence-electron chi connectivity index (χ1n) is 6.89. The fourth-order valence-electron chi connectivity index (χ4n) is 2.47. The lowest BCUT2D eigenvalue weighted by Gasteiger charge is -2.22. The predicted octanol–water partition coefficient (Wildman–Crippen LogP) is 4.50. The Morgan fingerprint density at radius 2 is 2.00 bits per heavy atom. The van der Waals surface area contributed by atoms with E-state index in [1.165, 1.54) is 12.1 Å². The van der Waals surface area contributed by atoms with E-state index in [0.717, 1.165) is 23.2 Å². The fourth-order valence-corrected chi connectivity index (χ4v) is 2.77. The van der Waals surface area contributed by atoms with Gasteiger partial charge < -0.3 is 10.1 Å². The van der Waals surface area contributed by atoms with Crippen molar-refractivity contribution < 1.29 is 9.13 Å². The number of halogens is 2. The Labute approximate surface area is 129 Å². The van der Waals surface area contributed by atoms with Gasteiger partial charge in [-0.15, -0.1) is 0 Å². The molecule has 112 valence electrons. The molecule has 0 amide bonds. The molecule has 0 fully saturated rings. The van der Waals surface area contributed by atoms with Crippen LogP contribution >= 0.6 is 11.6 Å². The lowest BCUT2D eigenvalue weighted by Crippen LogP contribution is -2.22. The number of ether oxygens (including phenoxy) is 1.